The van der Waals surface area contributed by atoms with Crippen molar-refractivity contribution in [1.29, 1.82) is 0 Å². The Bertz CT molecular complexity index is 1180. The number of benzene rings is 2. The van der Waals surface area contributed by atoms with Crippen LogP contribution >= 0.6 is 0 Å². The van der Waals surface area contributed by atoms with Crippen LogP contribution in [0.25, 0.3) is 16.9 Å². The summed E-state index contributed by atoms with van der Waals surface area (Å²) in [4.78, 5) is 6.96. The Balaban J connectivity index is 1.43. The molecule has 2 aromatic carbocycles. The molecule has 0 saturated carbocycles. The molecule has 0 unspecified atom stereocenters. The van der Waals surface area contributed by atoms with Crippen molar-refractivity contribution in [2.45, 2.75) is 19.3 Å². The van der Waals surface area contributed by atoms with E-state index in [-0.39, 0.29) is 11.5 Å². The number of nitrogens with one attached hydrogen (secondary N) is 1. The highest BCUT2D eigenvalue weighted by atomic mass is 16.3. The van der Waals surface area contributed by atoms with E-state index < -0.39 is 0 Å². The molecule has 6 heteroatoms. The third-order valence-corrected chi connectivity index (χ3v) is 5.69. The van der Waals surface area contributed by atoms with E-state index in [2.05, 4.69) is 39.5 Å². The van der Waals surface area contributed by atoms with Gasteiger partial charge in [-0.05, 0) is 73.9 Å². The zero-order valence-electron chi connectivity index (χ0n) is 16.6. The summed E-state index contributed by atoms with van der Waals surface area (Å²) in [6.45, 7) is 2.27. The van der Waals surface area contributed by atoms with Crippen molar-refractivity contribution in [3.8, 4) is 22.8 Å². The predicted octanol–water partition coefficient (Wildman–Crippen LogP) is 5.15. The number of phenols is 2. The second-order valence-corrected chi connectivity index (χ2v) is 7.68. The average Bonchev–Trinajstić information content (AvgIpc) is 3.28. The van der Waals surface area contributed by atoms with Crippen LogP contribution in [0.15, 0.2) is 67.0 Å². The van der Waals surface area contributed by atoms with Crippen molar-refractivity contribution in [2.24, 2.45) is 0 Å². The zero-order valence-corrected chi connectivity index (χ0v) is 16.6. The molecule has 2 aromatic heterocycles. The SMILES string of the molecule is Oc1ccc(-c2ccc(Nc3ccc(N4CCCCC4)cc3)c3nccn23)cc1O. The summed E-state index contributed by atoms with van der Waals surface area (Å²) < 4.78 is 1.97. The minimum atomic E-state index is -0.142. The Morgan fingerprint density at radius 1 is 0.833 bits per heavy atom. The number of aromatic nitrogens is 2. The van der Waals surface area contributed by atoms with Gasteiger partial charge in [-0.15, -0.1) is 0 Å². The van der Waals surface area contributed by atoms with Crippen LogP contribution in [-0.2, 0) is 0 Å². The van der Waals surface area contributed by atoms with Crippen LogP contribution in [0, 0.1) is 0 Å². The number of fused-ring (bicyclic) bond motifs is 1. The number of piperidine rings is 1. The van der Waals surface area contributed by atoms with Crippen molar-refractivity contribution in [3.05, 3.63) is 67.0 Å². The Kier molecular flexibility index (Phi) is 4.67. The maximum atomic E-state index is 9.86. The molecule has 0 atom stereocenters. The first-order valence-electron chi connectivity index (χ1n) is 10.3. The standard InChI is InChI=1S/C24H24N4O2/c29-22-11-4-17(16-23(22)30)21-10-9-20(24-25-12-15-28(21)24)26-18-5-7-19(8-6-18)27-13-2-1-3-14-27/h4-12,15-16,26,29-30H,1-3,13-14H2. The summed E-state index contributed by atoms with van der Waals surface area (Å²) in [6, 6.07) is 17.3. The molecule has 6 nitrogen and oxygen atoms in total. The molecular weight excluding hydrogens is 376 g/mol. The lowest BCUT2D eigenvalue weighted by molar-refractivity contribution is 0.404. The minimum absolute atomic E-state index is 0.132. The average molecular weight is 400 g/mol. The molecule has 0 aliphatic carbocycles. The second-order valence-electron chi connectivity index (χ2n) is 7.68. The van der Waals surface area contributed by atoms with Gasteiger partial charge in [0.15, 0.2) is 17.1 Å². The molecule has 1 saturated heterocycles. The highest BCUT2D eigenvalue weighted by Crippen LogP contribution is 2.33. The molecule has 0 amide bonds. The van der Waals surface area contributed by atoms with E-state index >= 15 is 0 Å². The van der Waals surface area contributed by atoms with Crippen molar-refractivity contribution in [2.75, 3.05) is 23.3 Å². The molecule has 152 valence electrons. The molecule has 30 heavy (non-hydrogen) atoms. The van der Waals surface area contributed by atoms with Crippen LogP contribution in [0.4, 0.5) is 17.1 Å². The molecule has 5 rings (SSSR count). The van der Waals surface area contributed by atoms with Crippen LogP contribution in [0.2, 0.25) is 0 Å². The molecule has 3 N–H and O–H groups in total. The molecule has 0 radical (unpaired) electrons. The number of rotatable bonds is 4. The van der Waals surface area contributed by atoms with E-state index in [1.165, 1.54) is 31.0 Å². The van der Waals surface area contributed by atoms with Gasteiger partial charge in [-0.3, -0.25) is 4.40 Å². The Hall–Kier alpha value is -3.67. The zero-order chi connectivity index (χ0) is 20.5. The molecule has 1 fully saturated rings. The van der Waals surface area contributed by atoms with Gasteiger partial charge in [0.1, 0.15) is 0 Å². The summed E-state index contributed by atoms with van der Waals surface area (Å²) in [6.07, 6.45) is 7.51. The molecule has 1 aliphatic rings. The summed E-state index contributed by atoms with van der Waals surface area (Å²) in [5.41, 5.74) is 5.65. The number of hydrogen-bond donors (Lipinski definition) is 3. The fraction of sp³-hybridized carbons (Fsp3) is 0.208. The second kappa shape index (κ2) is 7.63. The molecule has 1 aliphatic heterocycles. The van der Waals surface area contributed by atoms with E-state index in [9.17, 15) is 10.2 Å². The number of pyridine rings is 1. The topological polar surface area (TPSA) is 73.0 Å². The van der Waals surface area contributed by atoms with Gasteiger partial charge >= 0.3 is 0 Å². The summed E-state index contributed by atoms with van der Waals surface area (Å²) in [7, 11) is 0. The lowest BCUT2D eigenvalue weighted by Gasteiger charge is -2.28. The van der Waals surface area contributed by atoms with Crippen LogP contribution in [0.5, 0.6) is 11.5 Å². The summed E-state index contributed by atoms with van der Waals surface area (Å²) in [5, 5.41) is 22.9. The Morgan fingerprint density at radius 2 is 1.63 bits per heavy atom. The van der Waals surface area contributed by atoms with E-state index in [1.54, 1.807) is 18.3 Å². The monoisotopic (exact) mass is 400 g/mol. The fourth-order valence-electron chi connectivity index (χ4n) is 4.09. The van der Waals surface area contributed by atoms with Crippen molar-refractivity contribution in [1.82, 2.24) is 9.38 Å². The van der Waals surface area contributed by atoms with Gasteiger partial charge in [0.05, 0.1) is 11.4 Å². The first-order valence-corrected chi connectivity index (χ1v) is 10.3. The predicted molar refractivity (Wildman–Crippen MR) is 120 cm³/mol. The first-order chi connectivity index (χ1) is 14.7. The third-order valence-electron chi connectivity index (χ3n) is 5.69. The van der Waals surface area contributed by atoms with Gasteiger partial charge in [0.25, 0.3) is 0 Å². The number of anilines is 3. The maximum Gasteiger partial charge on any atom is 0.161 e. The van der Waals surface area contributed by atoms with Crippen molar-refractivity contribution in [3.63, 3.8) is 0 Å². The van der Waals surface area contributed by atoms with Gasteiger partial charge in [0, 0.05) is 42.4 Å². The van der Waals surface area contributed by atoms with E-state index in [0.717, 1.165) is 41.4 Å². The van der Waals surface area contributed by atoms with Gasteiger partial charge < -0.3 is 20.4 Å². The first kappa shape index (κ1) is 18.4. The van der Waals surface area contributed by atoms with Crippen LogP contribution < -0.4 is 10.2 Å². The summed E-state index contributed by atoms with van der Waals surface area (Å²) >= 11 is 0. The number of hydrogen-bond acceptors (Lipinski definition) is 5. The van der Waals surface area contributed by atoms with Crippen molar-refractivity contribution < 1.29 is 10.2 Å². The van der Waals surface area contributed by atoms with Gasteiger partial charge in [-0.1, -0.05) is 0 Å². The smallest absolute Gasteiger partial charge is 0.161 e. The molecule has 0 bridgehead atoms. The normalized spacial score (nSPS) is 14.2. The van der Waals surface area contributed by atoms with Crippen LogP contribution in [0.3, 0.4) is 0 Å². The molecule has 4 aromatic rings. The van der Waals surface area contributed by atoms with Gasteiger partial charge in [-0.2, -0.15) is 0 Å². The highest BCUT2D eigenvalue weighted by molar-refractivity contribution is 5.79. The molecule has 0 spiro atoms. The van der Waals surface area contributed by atoms with Crippen molar-refractivity contribution >= 4 is 22.7 Å². The number of aromatic hydroxyl groups is 2. The maximum absolute atomic E-state index is 9.86. The van der Waals surface area contributed by atoms with Gasteiger partial charge in [-0.25, -0.2) is 4.98 Å². The van der Waals surface area contributed by atoms with Gasteiger partial charge in [0.2, 0.25) is 0 Å². The quantitative estimate of drug-likeness (QED) is 0.413. The lowest BCUT2D eigenvalue weighted by atomic mass is 10.1. The van der Waals surface area contributed by atoms with E-state index in [4.69, 9.17) is 0 Å². The lowest BCUT2D eigenvalue weighted by Crippen LogP contribution is -2.29. The third kappa shape index (κ3) is 3.41. The summed E-state index contributed by atoms with van der Waals surface area (Å²) in [5.74, 6) is -0.274. The van der Waals surface area contributed by atoms with E-state index in [1.807, 2.05) is 22.7 Å². The number of imidazole rings is 1. The Morgan fingerprint density at radius 3 is 2.40 bits per heavy atom. The Labute approximate surface area is 175 Å². The van der Waals surface area contributed by atoms with Crippen LogP contribution in [-0.4, -0.2) is 32.7 Å². The van der Waals surface area contributed by atoms with Crippen LogP contribution in [0.1, 0.15) is 19.3 Å². The fourth-order valence-corrected chi connectivity index (χ4v) is 4.09. The number of phenolic OH excluding ortho intramolecular Hbond substituents is 2. The largest absolute Gasteiger partial charge is 0.504 e. The molecule has 3 heterocycles. The van der Waals surface area contributed by atoms with E-state index in [0.29, 0.717) is 0 Å². The highest BCUT2D eigenvalue weighted by Gasteiger charge is 2.12. The minimum Gasteiger partial charge on any atom is -0.504 e. The molecular formula is C24H24N4O2. The number of nitrogens with zero attached hydrogens (tertiary/aromatic N) is 3.